The number of aromatic hydroxyl groups is 1. The minimum absolute atomic E-state index is 0.00907. The quantitative estimate of drug-likeness (QED) is 0.0806. The number of benzene rings is 5. The molecular formula is C38H30N4O5S2. The summed E-state index contributed by atoms with van der Waals surface area (Å²) in [5.41, 5.74) is 2.85. The summed E-state index contributed by atoms with van der Waals surface area (Å²) in [4.78, 5) is 45.8. The van der Waals surface area contributed by atoms with Crippen LogP contribution in [0.1, 0.15) is 26.7 Å². The van der Waals surface area contributed by atoms with Crippen molar-refractivity contribution in [3.63, 3.8) is 0 Å². The Labute approximate surface area is 290 Å². The molecule has 5 aromatic carbocycles. The van der Waals surface area contributed by atoms with Crippen LogP contribution in [0.5, 0.6) is 11.5 Å². The van der Waals surface area contributed by atoms with Gasteiger partial charge in [-0.05, 0) is 66.2 Å². The summed E-state index contributed by atoms with van der Waals surface area (Å²) in [7, 11) is 1.44. The van der Waals surface area contributed by atoms with Crippen LogP contribution in [0, 0.1) is 0 Å². The third kappa shape index (κ3) is 8.33. The molecule has 4 N–H and O–H groups in total. The van der Waals surface area contributed by atoms with Crippen LogP contribution in [0.3, 0.4) is 0 Å². The molecule has 0 aliphatic heterocycles. The molecule has 0 radical (unpaired) electrons. The zero-order chi connectivity index (χ0) is 34.2. The number of hydrogen-bond acceptors (Lipinski definition) is 8. The molecule has 11 heteroatoms. The third-order valence-corrected chi connectivity index (χ3v) is 9.46. The van der Waals surface area contributed by atoms with Gasteiger partial charge in [0, 0.05) is 27.8 Å². The zero-order valence-corrected chi connectivity index (χ0v) is 27.8. The lowest BCUT2D eigenvalue weighted by molar-refractivity contribution is -0.116. The van der Waals surface area contributed by atoms with E-state index in [0.29, 0.717) is 27.7 Å². The second-order valence-electron chi connectivity index (χ2n) is 10.7. The highest BCUT2D eigenvalue weighted by atomic mass is 32.2. The molecule has 6 aromatic rings. The Morgan fingerprint density at radius 2 is 1.57 bits per heavy atom. The SMILES string of the molecule is COc1cc(O)ccc1/C=C(/NC(=O)c1ccccc1)C(=O)Nc1cccc(SC(C(=O)Nc2nc3ccccc3s2)c2ccccc2)c1. The number of nitrogens with zero attached hydrogens (tertiary/aromatic N) is 1. The van der Waals surface area contributed by atoms with Crippen LogP contribution in [-0.2, 0) is 9.59 Å². The summed E-state index contributed by atoms with van der Waals surface area (Å²) in [6, 6.07) is 37.2. The summed E-state index contributed by atoms with van der Waals surface area (Å²) < 4.78 is 6.36. The van der Waals surface area contributed by atoms with Crippen molar-refractivity contribution >= 4 is 67.9 Å². The third-order valence-electron chi connectivity index (χ3n) is 7.26. The van der Waals surface area contributed by atoms with Crippen LogP contribution >= 0.6 is 23.1 Å². The average molecular weight is 687 g/mol. The van der Waals surface area contributed by atoms with Gasteiger partial charge in [-0.3, -0.25) is 14.4 Å². The van der Waals surface area contributed by atoms with Crippen molar-refractivity contribution in [2.75, 3.05) is 17.7 Å². The van der Waals surface area contributed by atoms with Crippen LogP contribution < -0.4 is 20.7 Å². The zero-order valence-electron chi connectivity index (χ0n) is 26.1. The number of amides is 3. The Bertz CT molecular complexity index is 2120. The minimum Gasteiger partial charge on any atom is -0.508 e. The topological polar surface area (TPSA) is 130 Å². The Morgan fingerprint density at radius 1 is 0.837 bits per heavy atom. The van der Waals surface area contributed by atoms with Crippen molar-refractivity contribution < 1.29 is 24.2 Å². The molecule has 1 atom stereocenters. The number of rotatable bonds is 11. The molecule has 1 heterocycles. The maximum Gasteiger partial charge on any atom is 0.272 e. The number of ether oxygens (including phenoxy) is 1. The van der Waals surface area contributed by atoms with Gasteiger partial charge < -0.3 is 25.8 Å². The van der Waals surface area contributed by atoms with Crippen molar-refractivity contribution in [3.8, 4) is 11.5 Å². The minimum atomic E-state index is -0.623. The van der Waals surface area contributed by atoms with E-state index >= 15 is 0 Å². The first-order valence-electron chi connectivity index (χ1n) is 15.1. The number of phenolic OH excluding ortho intramolecular Hbond substituents is 1. The lowest BCUT2D eigenvalue weighted by atomic mass is 10.1. The van der Waals surface area contributed by atoms with E-state index in [9.17, 15) is 19.5 Å². The molecule has 244 valence electrons. The molecule has 0 aliphatic carbocycles. The number of fused-ring (bicyclic) bond motifs is 1. The number of para-hydroxylation sites is 1. The fourth-order valence-electron chi connectivity index (χ4n) is 4.90. The molecular weight excluding hydrogens is 657 g/mol. The van der Waals surface area contributed by atoms with Gasteiger partial charge in [0.2, 0.25) is 5.91 Å². The van der Waals surface area contributed by atoms with Crippen LogP contribution in [0.4, 0.5) is 10.8 Å². The van der Waals surface area contributed by atoms with E-state index in [1.54, 1.807) is 54.6 Å². The molecule has 0 saturated heterocycles. The van der Waals surface area contributed by atoms with Gasteiger partial charge in [0.25, 0.3) is 11.8 Å². The second kappa shape index (κ2) is 15.3. The van der Waals surface area contributed by atoms with E-state index in [2.05, 4.69) is 20.9 Å². The van der Waals surface area contributed by atoms with Crippen molar-refractivity contribution in [3.05, 3.63) is 150 Å². The predicted molar refractivity (Wildman–Crippen MR) is 195 cm³/mol. The Kier molecular flexibility index (Phi) is 10.3. The molecule has 0 fully saturated rings. The number of thiazole rings is 1. The molecule has 0 saturated carbocycles. The van der Waals surface area contributed by atoms with Gasteiger partial charge in [0.05, 0.1) is 17.3 Å². The average Bonchev–Trinajstić information content (AvgIpc) is 3.54. The summed E-state index contributed by atoms with van der Waals surface area (Å²) in [5.74, 6) is -0.996. The number of nitrogens with one attached hydrogen (secondary N) is 3. The summed E-state index contributed by atoms with van der Waals surface area (Å²) in [6.07, 6.45) is 1.48. The van der Waals surface area contributed by atoms with Gasteiger partial charge in [0.1, 0.15) is 22.4 Å². The van der Waals surface area contributed by atoms with Gasteiger partial charge in [-0.1, -0.05) is 78.1 Å². The Morgan fingerprint density at radius 3 is 2.33 bits per heavy atom. The second-order valence-corrected chi connectivity index (χ2v) is 12.9. The van der Waals surface area contributed by atoms with Gasteiger partial charge in [-0.15, -0.1) is 11.8 Å². The van der Waals surface area contributed by atoms with Gasteiger partial charge in [0.15, 0.2) is 5.13 Å². The maximum absolute atomic E-state index is 13.7. The number of thioether (sulfide) groups is 1. The van der Waals surface area contributed by atoms with E-state index in [1.165, 1.54) is 48.4 Å². The van der Waals surface area contributed by atoms with Crippen molar-refractivity contribution in [2.24, 2.45) is 0 Å². The molecule has 1 unspecified atom stereocenters. The smallest absolute Gasteiger partial charge is 0.272 e. The van der Waals surface area contributed by atoms with E-state index in [1.807, 2.05) is 60.7 Å². The highest BCUT2D eigenvalue weighted by molar-refractivity contribution is 8.00. The van der Waals surface area contributed by atoms with Crippen LogP contribution in [0.15, 0.2) is 138 Å². The first-order valence-corrected chi connectivity index (χ1v) is 16.8. The number of anilines is 2. The molecule has 9 nitrogen and oxygen atoms in total. The number of carbonyl (C=O) groups excluding carboxylic acids is 3. The molecule has 0 bridgehead atoms. The van der Waals surface area contributed by atoms with Crippen LogP contribution in [-0.4, -0.2) is 34.9 Å². The Hall–Kier alpha value is -5.91. The molecule has 3 amide bonds. The summed E-state index contributed by atoms with van der Waals surface area (Å²) in [5, 5.41) is 18.4. The van der Waals surface area contributed by atoms with Crippen LogP contribution in [0.2, 0.25) is 0 Å². The monoisotopic (exact) mass is 686 g/mol. The largest absolute Gasteiger partial charge is 0.508 e. The van der Waals surface area contributed by atoms with Crippen molar-refractivity contribution in [2.45, 2.75) is 10.1 Å². The molecule has 0 spiro atoms. The number of methoxy groups -OCH3 is 1. The highest BCUT2D eigenvalue weighted by Crippen LogP contribution is 2.38. The first kappa shape index (κ1) is 33.0. The molecule has 6 rings (SSSR count). The number of hydrogen-bond donors (Lipinski definition) is 4. The molecule has 49 heavy (non-hydrogen) atoms. The first-order chi connectivity index (χ1) is 23.9. The van der Waals surface area contributed by atoms with E-state index in [-0.39, 0.29) is 17.4 Å². The fraction of sp³-hybridized carbons (Fsp3) is 0.0526. The van der Waals surface area contributed by atoms with Crippen molar-refractivity contribution in [1.29, 1.82) is 0 Å². The maximum atomic E-state index is 13.7. The lowest BCUT2D eigenvalue weighted by Crippen LogP contribution is -2.30. The predicted octanol–water partition coefficient (Wildman–Crippen LogP) is 7.89. The van der Waals surface area contributed by atoms with Crippen LogP contribution in [0.25, 0.3) is 16.3 Å². The normalized spacial score (nSPS) is 11.8. The summed E-state index contributed by atoms with van der Waals surface area (Å²) >= 11 is 2.74. The Balaban J connectivity index is 1.25. The molecule has 0 aliphatic rings. The van der Waals surface area contributed by atoms with Gasteiger partial charge in [-0.2, -0.15) is 0 Å². The van der Waals surface area contributed by atoms with E-state index < -0.39 is 17.1 Å². The fourth-order valence-corrected chi connectivity index (χ4v) is 6.85. The standard InChI is InChI=1S/C38H30N4O5S2/c1-47-32-23-28(43)20-19-26(32)21-31(40-35(44)25-13-6-3-7-14-25)36(45)39-27-15-10-16-29(22-27)48-34(24-11-4-2-5-12-24)37(46)42-38-41-30-17-8-9-18-33(30)49-38/h2-23,34,43H,1H3,(H,39,45)(H,40,44)(H,41,42,46)/b31-21+. The number of phenols is 1. The highest BCUT2D eigenvalue weighted by Gasteiger charge is 2.24. The lowest BCUT2D eigenvalue weighted by Gasteiger charge is -2.17. The van der Waals surface area contributed by atoms with Gasteiger partial charge >= 0.3 is 0 Å². The number of aromatic nitrogens is 1. The number of carbonyl (C=O) groups is 3. The van der Waals surface area contributed by atoms with Crippen molar-refractivity contribution in [1.82, 2.24) is 10.3 Å². The van der Waals surface area contributed by atoms with E-state index in [0.717, 1.165) is 20.7 Å². The molecule has 1 aromatic heterocycles. The van der Waals surface area contributed by atoms with E-state index in [4.69, 9.17) is 4.74 Å². The summed E-state index contributed by atoms with van der Waals surface area (Å²) in [6.45, 7) is 0. The van der Waals surface area contributed by atoms with Gasteiger partial charge in [-0.25, -0.2) is 4.98 Å².